The molecule has 1 fully saturated rings. The number of ether oxygens (including phenoxy) is 1. The van der Waals surface area contributed by atoms with Crippen molar-refractivity contribution in [2.24, 2.45) is 5.41 Å². The van der Waals surface area contributed by atoms with Crippen LogP contribution in [-0.2, 0) is 16.0 Å². The zero-order chi connectivity index (χ0) is 14.8. The van der Waals surface area contributed by atoms with Crippen LogP contribution in [0.5, 0.6) is 0 Å². The molecule has 1 aliphatic rings. The van der Waals surface area contributed by atoms with Crippen LogP contribution in [0.15, 0.2) is 24.3 Å². The van der Waals surface area contributed by atoms with Gasteiger partial charge < -0.3 is 4.74 Å². The van der Waals surface area contributed by atoms with Crippen molar-refractivity contribution in [3.63, 3.8) is 0 Å². The SMILES string of the molecule is COC1(C(=O)Cc2ccccc2C)CCC(C)(C)CC1. The minimum absolute atomic E-state index is 0.241. The first-order chi connectivity index (χ1) is 9.38. The molecule has 1 aromatic carbocycles. The van der Waals surface area contributed by atoms with E-state index in [1.165, 1.54) is 5.56 Å². The van der Waals surface area contributed by atoms with Crippen LogP contribution < -0.4 is 0 Å². The summed E-state index contributed by atoms with van der Waals surface area (Å²) in [5.41, 5.74) is 2.09. The molecule has 0 aromatic heterocycles. The molecule has 1 saturated carbocycles. The molecule has 0 radical (unpaired) electrons. The van der Waals surface area contributed by atoms with Gasteiger partial charge in [-0.1, -0.05) is 38.1 Å². The normalized spacial score (nSPS) is 20.6. The number of benzene rings is 1. The molecule has 2 nitrogen and oxygen atoms in total. The van der Waals surface area contributed by atoms with Gasteiger partial charge in [0.05, 0.1) is 0 Å². The predicted molar refractivity (Wildman–Crippen MR) is 81.9 cm³/mol. The van der Waals surface area contributed by atoms with E-state index >= 15 is 0 Å². The van der Waals surface area contributed by atoms with Gasteiger partial charge in [-0.25, -0.2) is 0 Å². The topological polar surface area (TPSA) is 26.3 Å². The van der Waals surface area contributed by atoms with Gasteiger partial charge in [-0.15, -0.1) is 0 Å². The van der Waals surface area contributed by atoms with E-state index < -0.39 is 5.60 Å². The molecule has 0 N–H and O–H groups in total. The second-order valence-electron chi connectivity index (χ2n) is 6.89. The second kappa shape index (κ2) is 5.69. The fourth-order valence-electron chi connectivity index (χ4n) is 3.07. The van der Waals surface area contributed by atoms with Gasteiger partial charge in [-0.05, 0) is 49.1 Å². The van der Waals surface area contributed by atoms with E-state index in [0.29, 0.717) is 11.8 Å². The molecule has 0 atom stereocenters. The van der Waals surface area contributed by atoms with E-state index in [4.69, 9.17) is 4.74 Å². The Bertz CT molecular complexity index is 478. The third-order valence-electron chi connectivity index (χ3n) is 4.92. The number of hydrogen-bond donors (Lipinski definition) is 0. The molecular weight excluding hydrogens is 248 g/mol. The standard InChI is InChI=1S/C18H26O2/c1-14-7-5-6-8-15(14)13-16(19)18(20-4)11-9-17(2,3)10-12-18/h5-8H,9-13H2,1-4H3. The summed E-state index contributed by atoms with van der Waals surface area (Å²) in [4.78, 5) is 12.8. The summed E-state index contributed by atoms with van der Waals surface area (Å²) in [6, 6.07) is 8.12. The third kappa shape index (κ3) is 3.12. The molecule has 1 aliphatic carbocycles. The lowest BCUT2D eigenvalue weighted by atomic mass is 9.69. The van der Waals surface area contributed by atoms with Gasteiger partial charge in [0.15, 0.2) is 5.78 Å². The predicted octanol–water partition coefficient (Wildman–Crippen LogP) is 4.09. The first-order valence-corrected chi connectivity index (χ1v) is 7.52. The monoisotopic (exact) mass is 274 g/mol. The molecule has 0 unspecified atom stereocenters. The van der Waals surface area contributed by atoms with E-state index in [2.05, 4.69) is 26.8 Å². The smallest absolute Gasteiger partial charge is 0.168 e. The minimum Gasteiger partial charge on any atom is -0.370 e. The average Bonchev–Trinajstić information content (AvgIpc) is 2.42. The van der Waals surface area contributed by atoms with Gasteiger partial charge in [0.25, 0.3) is 0 Å². The van der Waals surface area contributed by atoms with Crippen LogP contribution in [0, 0.1) is 12.3 Å². The van der Waals surface area contributed by atoms with Crippen molar-refractivity contribution >= 4 is 5.78 Å². The van der Waals surface area contributed by atoms with E-state index in [1.807, 2.05) is 18.2 Å². The summed E-state index contributed by atoms with van der Waals surface area (Å²) in [6.45, 7) is 6.61. The van der Waals surface area contributed by atoms with Gasteiger partial charge >= 0.3 is 0 Å². The largest absolute Gasteiger partial charge is 0.370 e. The number of hydrogen-bond acceptors (Lipinski definition) is 2. The van der Waals surface area contributed by atoms with Gasteiger partial charge in [-0.2, -0.15) is 0 Å². The van der Waals surface area contributed by atoms with Crippen LogP contribution in [0.1, 0.15) is 50.7 Å². The molecular formula is C18H26O2. The Balaban J connectivity index is 2.13. The average molecular weight is 274 g/mol. The Morgan fingerprint density at radius 3 is 2.30 bits per heavy atom. The van der Waals surface area contributed by atoms with Crippen LogP contribution >= 0.6 is 0 Å². The van der Waals surface area contributed by atoms with Crippen LogP contribution in [0.4, 0.5) is 0 Å². The van der Waals surface area contributed by atoms with E-state index in [0.717, 1.165) is 31.2 Å². The van der Waals surface area contributed by atoms with Crippen molar-refractivity contribution in [3.8, 4) is 0 Å². The molecule has 0 saturated heterocycles. The first-order valence-electron chi connectivity index (χ1n) is 7.52. The molecule has 0 heterocycles. The summed E-state index contributed by atoms with van der Waals surface area (Å²) in [5.74, 6) is 0.241. The fraction of sp³-hybridized carbons (Fsp3) is 0.611. The number of Topliss-reactive ketones (excluding diaryl/α,β-unsaturated/α-hetero) is 1. The van der Waals surface area contributed by atoms with Crippen molar-refractivity contribution in [2.75, 3.05) is 7.11 Å². The minimum atomic E-state index is -0.558. The van der Waals surface area contributed by atoms with Gasteiger partial charge in [0.1, 0.15) is 5.60 Å². The van der Waals surface area contributed by atoms with Crippen LogP contribution in [0.2, 0.25) is 0 Å². The maximum absolute atomic E-state index is 12.8. The first kappa shape index (κ1) is 15.2. The quantitative estimate of drug-likeness (QED) is 0.826. The van der Waals surface area contributed by atoms with Gasteiger partial charge in [0, 0.05) is 13.5 Å². The number of ketones is 1. The van der Waals surface area contributed by atoms with Crippen molar-refractivity contribution in [1.29, 1.82) is 0 Å². The third-order valence-corrected chi connectivity index (χ3v) is 4.92. The molecule has 2 rings (SSSR count). The number of aryl methyl sites for hydroxylation is 1. The molecule has 110 valence electrons. The van der Waals surface area contributed by atoms with Crippen LogP contribution in [0.3, 0.4) is 0 Å². The molecule has 0 bridgehead atoms. The highest BCUT2D eigenvalue weighted by Gasteiger charge is 2.43. The van der Waals surface area contributed by atoms with Crippen LogP contribution in [0.25, 0.3) is 0 Å². The van der Waals surface area contributed by atoms with E-state index in [1.54, 1.807) is 7.11 Å². The van der Waals surface area contributed by atoms with Crippen molar-refractivity contribution < 1.29 is 9.53 Å². The Kier molecular flexibility index (Phi) is 4.33. The van der Waals surface area contributed by atoms with Crippen LogP contribution in [-0.4, -0.2) is 18.5 Å². The lowest BCUT2D eigenvalue weighted by Crippen LogP contribution is -2.46. The van der Waals surface area contributed by atoms with Gasteiger partial charge in [-0.3, -0.25) is 4.79 Å². The fourth-order valence-corrected chi connectivity index (χ4v) is 3.07. The zero-order valence-corrected chi connectivity index (χ0v) is 13.2. The summed E-state index contributed by atoms with van der Waals surface area (Å²) in [5, 5.41) is 0. The summed E-state index contributed by atoms with van der Waals surface area (Å²) in [7, 11) is 1.69. The number of methoxy groups -OCH3 is 1. The highest BCUT2D eigenvalue weighted by atomic mass is 16.5. The number of carbonyl (C=O) groups is 1. The zero-order valence-electron chi connectivity index (χ0n) is 13.2. The summed E-state index contributed by atoms with van der Waals surface area (Å²) >= 11 is 0. The Morgan fingerprint density at radius 1 is 1.15 bits per heavy atom. The Morgan fingerprint density at radius 2 is 1.75 bits per heavy atom. The van der Waals surface area contributed by atoms with E-state index in [9.17, 15) is 4.79 Å². The highest BCUT2D eigenvalue weighted by Crippen LogP contribution is 2.42. The highest BCUT2D eigenvalue weighted by molar-refractivity contribution is 5.89. The lowest BCUT2D eigenvalue weighted by Gasteiger charge is -2.41. The number of rotatable bonds is 4. The molecule has 0 aliphatic heterocycles. The molecule has 2 heteroatoms. The molecule has 0 amide bonds. The molecule has 20 heavy (non-hydrogen) atoms. The van der Waals surface area contributed by atoms with E-state index in [-0.39, 0.29) is 5.78 Å². The summed E-state index contributed by atoms with van der Waals surface area (Å²) < 4.78 is 5.70. The van der Waals surface area contributed by atoms with Crippen molar-refractivity contribution in [3.05, 3.63) is 35.4 Å². The molecule has 1 aromatic rings. The maximum Gasteiger partial charge on any atom is 0.168 e. The molecule has 0 spiro atoms. The van der Waals surface area contributed by atoms with Crippen molar-refractivity contribution in [2.45, 2.75) is 58.5 Å². The lowest BCUT2D eigenvalue weighted by molar-refractivity contribution is -0.147. The van der Waals surface area contributed by atoms with Gasteiger partial charge in [0.2, 0.25) is 0 Å². The van der Waals surface area contributed by atoms with Crippen molar-refractivity contribution in [1.82, 2.24) is 0 Å². The number of carbonyl (C=O) groups excluding carboxylic acids is 1. The Labute approximate surface area is 122 Å². The maximum atomic E-state index is 12.8. The summed E-state index contributed by atoms with van der Waals surface area (Å²) in [6.07, 6.45) is 4.30. The second-order valence-corrected chi connectivity index (χ2v) is 6.89. The Hall–Kier alpha value is -1.15.